The second-order valence-electron chi connectivity index (χ2n) is 6.17. The van der Waals surface area contributed by atoms with Crippen molar-refractivity contribution < 1.29 is 12.9 Å². The molecule has 0 aromatic carbocycles. The minimum absolute atomic E-state index is 0. The number of hydrogen-bond donors (Lipinski definition) is 1. The van der Waals surface area contributed by atoms with Gasteiger partial charge in [-0.2, -0.15) is 9.29 Å². The van der Waals surface area contributed by atoms with E-state index in [1.165, 1.54) is 15.6 Å². The highest BCUT2D eigenvalue weighted by molar-refractivity contribution is 7.91. The van der Waals surface area contributed by atoms with Crippen LogP contribution in [0.15, 0.2) is 26.2 Å². The quantitative estimate of drug-likeness (QED) is 0.859. The van der Waals surface area contributed by atoms with Crippen molar-refractivity contribution in [2.75, 3.05) is 6.54 Å². The third kappa shape index (κ3) is 2.78. The van der Waals surface area contributed by atoms with Crippen molar-refractivity contribution in [1.82, 2.24) is 14.4 Å². The third-order valence-electron chi connectivity index (χ3n) is 4.68. The molecule has 2 N–H and O–H groups in total. The average Bonchev–Trinajstić information content (AvgIpc) is 3.23. The van der Waals surface area contributed by atoms with Crippen LogP contribution in [-0.4, -0.2) is 29.4 Å². The fourth-order valence-electron chi connectivity index (χ4n) is 3.15. The van der Waals surface area contributed by atoms with E-state index in [4.69, 9.17) is 10.3 Å². The van der Waals surface area contributed by atoms with E-state index in [1.807, 2.05) is 0 Å². The first-order valence-corrected chi connectivity index (χ1v) is 10.0. The second-order valence-corrected chi connectivity index (χ2v) is 9.24. The molecule has 1 saturated carbocycles. The van der Waals surface area contributed by atoms with Gasteiger partial charge >= 0.3 is 0 Å². The Labute approximate surface area is 150 Å². The molecule has 1 aliphatic carbocycles. The maximum atomic E-state index is 12.8. The van der Waals surface area contributed by atoms with Crippen LogP contribution in [0.3, 0.4) is 0 Å². The van der Waals surface area contributed by atoms with Gasteiger partial charge in [-0.1, -0.05) is 11.2 Å². The lowest BCUT2D eigenvalue weighted by atomic mass is 9.77. The van der Waals surface area contributed by atoms with Gasteiger partial charge in [-0.25, -0.2) is 8.42 Å². The number of aromatic nitrogens is 2. The fourth-order valence-corrected chi connectivity index (χ4v) is 5.92. The molecule has 2 aromatic heterocycles. The lowest BCUT2D eigenvalue weighted by Gasteiger charge is -2.34. The predicted octanol–water partition coefficient (Wildman–Crippen LogP) is 2.42. The minimum atomic E-state index is -3.52. The molecule has 0 spiro atoms. The summed E-state index contributed by atoms with van der Waals surface area (Å²) in [5.41, 5.74) is 5.72. The van der Waals surface area contributed by atoms with Gasteiger partial charge in [0.1, 0.15) is 10.3 Å². The van der Waals surface area contributed by atoms with Crippen molar-refractivity contribution in [2.45, 2.75) is 47.9 Å². The summed E-state index contributed by atoms with van der Waals surface area (Å²) in [6, 6.07) is 2.96. The highest BCUT2D eigenvalue weighted by atomic mass is 35.5. The molecule has 0 bridgehead atoms. The summed E-state index contributed by atoms with van der Waals surface area (Å²) in [7, 11) is -3.52. The van der Waals surface area contributed by atoms with Gasteiger partial charge in [0.25, 0.3) is 10.0 Å². The summed E-state index contributed by atoms with van der Waals surface area (Å²) in [6.45, 7) is 0.469. The number of nitrogens with two attached hydrogens (primary N) is 1. The highest BCUT2D eigenvalue weighted by Gasteiger charge is 2.43. The highest BCUT2D eigenvalue weighted by Crippen LogP contribution is 2.40. The molecule has 132 valence electrons. The van der Waals surface area contributed by atoms with Gasteiger partial charge in [0.2, 0.25) is 5.89 Å². The van der Waals surface area contributed by atoms with Crippen LogP contribution in [0.4, 0.5) is 0 Å². The van der Waals surface area contributed by atoms with Gasteiger partial charge in [0.05, 0.1) is 5.54 Å². The first-order valence-electron chi connectivity index (χ1n) is 7.69. The molecule has 0 radical (unpaired) electrons. The standard InChI is InChI=1S/C14H18N4O3S2.ClH/c15-14(6-3-7-14)13-16-12(21-17-13)10-4-1-8-18(10)23(19,20)11-5-2-9-22-11;/h2,5,9-10H,1,3-4,6-8,15H2;1H. The first-order chi connectivity index (χ1) is 11.0. The summed E-state index contributed by atoms with van der Waals surface area (Å²) >= 11 is 1.22. The SMILES string of the molecule is Cl.NC1(c2noc(C3CCCN3S(=O)(=O)c3cccs3)n2)CCC1. The van der Waals surface area contributed by atoms with Gasteiger partial charge < -0.3 is 10.3 Å². The minimum Gasteiger partial charge on any atom is -0.337 e. The van der Waals surface area contributed by atoms with Crippen molar-refractivity contribution in [2.24, 2.45) is 5.73 Å². The number of nitrogens with zero attached hydrogens (tertiary/aromatic N) is 3. The molecule has 1 atom stereocenters. The third-order valence-corrected chi connectivity index (χ3v) is 7.96. The molecule has 2 aliphatic rings. The van der Waals surface area contributed by atoms with Crippen molar-refractivity contribution in [3.8, 4) is 0 Å². The maximum Gasteiger partial charge on any atom is 0.253 e. The molecule has 1 saturated heterocycles. The fraction of sp³-hybridized carbons (Fsp3) is 0.571. The van der Waals surface area contributed by atoms with Crippen LogP contribution < -0.4 is 5.73 Å². The van der Waals surface area contributed by atoms with Gasteiger partial charge in [-0.3, -0.25) is 0 Å². The molecule has 1 unspecified atom stereocenters. The molecule has 24 heavy (non-hydrogen) atoms. The number of rotatable bonds is 4. The lowest BCUT2D eigenvalue weighted by Crippen LogP contribution is -2.44. The molecule has 2 fully saturated rings. The van der Waals surface area contributed by atoms with Crippen molar-refractivity contribution in [1.29, 1.82) is 0 Å². The number of hydrogen-bond acceptors (Lipinski definition) is 7. The lowest BCUT2D eigenvalue weighted by molar-refractivity contribution is 0.227. The molecular weight excluding hydrogens is 372 g/mol. The van der Waals surface area contributed by atoms with Crippen LogP contribution in [0.1, 0.15) is 49.9 Å². The summed E-state index contributed by atoms with van der Waals surface area (Å²) in [6.07, 6.45) is 4.20. The summed E-state index contributed by atoms with van der Waals surface area (Å²) in [4.78, 5) is 4.43. The summed E-state index contributed by atoms with van der Waals surface area (Å²) < 4.78 is 32.7. The first kappa shape index (κ1) is 17.8. The van der Waals surface area contributed by atoms with E-state index in [0.717, 1.165) is 25.7 Å². The van der Waals surface area contributed by atoms with Gasteiger partial charge in [0.15, 0.2) is 5.82 Å². The van der Waals surface area contributed by atoms with E-state index in [2.05, 4.69) is 10.1 Å². The second kappa shape index (κ2) is 6.38. The monoisotopic (exact) mass is 390 g/mol. The van der Waals surface area contributed by atoms with Crippen molar-refractivity contribution >= 4 is 33.8 Å². The Hall–Kier alpha value is -1.00. The number of thiophene rings is 1. The van der Waals surface area contributed by atoms with E-state index in [9.17, 15) is 8.42 Å². The van der Waals surface area contributed by atoms with Crippen LogP contribution in [0, 0.1) is 0 Å². The Morgan fingerprint density at radius 3 is 2.79 bits per heavy atom. The largest absolute Gasteiger partial charge is 0.337 e. The van der Waals surface area contributed by atoms with Crippen LogP contribution in [0.5, 0.6) is 0 Å². The molecule has 1 aliphatic heterocycles. The zero-order valence-electron chi connectivity index (χ0n) is 12.9. The molecule has 10 heteroatoms. The van der Waals surface area contributed by atoms with Crippen LogP contribution in [-0.2, 0) is 15.6 Å². The van der Waals surface area contributed by atoms with Crippen molar-refractivity contribution in [3.05, 3.63) is 29.2 Å². The van der Waals surface area contributed by atoms with E-state index in [0.29, 0.717) is 28.9 Å². The summed E-state index contributed by atoms with van der Waals surface area (Å²) in [5.74, 6) is 0.855. The van der Waals surface area contributed by atoms with E-state index >= 15 is 0 Å². The zero-order valence-corrected chi connectivity index (χ0v) is 15.4. The smallest absolute Gasteiger partial charge is 0.253 e. The number of sulfonamides is 1. The van der Waals surface area contributed by atoms with Crippen LogP contribution in [0.2, 0.25) is 0 Å². The topological polar surface area (TPSA) is 102 Å². The van der Waals surface area contributed by atoms with E-state index in [-0.39, 0.29) is 12.4 Å². The molecule has 4 rings (SSSR count). The Bertz CT molecular complexity index is 802. The Balaban J connectivity index is 0.00000169. The van der Waals surface area contributed by atoms with Crippen molar-refractivity contribution in [3.63, 3.8) is 0 Å². The molecule has 7 nitrogen and oxygen atoms in total. The molecule has 3 heterocycles. The van der Waals surface area contributed by atoms with E-state index < -0.39 is 21.6 Å². The Kier molecular flexibility index (Phi) is 4.73. The van der Waals surface area contributed by atoms with Crippen LogP contribution >= 0.6 is 23.7 Å². The molecular formula is C14H19ClN4O3S2. The van der Waals surface area contributed by atoms with Gasteiger partial charge in [-0.05, 0) is 43.6 Å². The molecule has 2 aromatic rings. The summed E-state index contributed by atoms with van der Waals surface area (Å²) in [5, 5.41) is 5.77. The predicted molar refractivity (Wildman–Crippen MR) is 91.4 cm³/mol. The normalized spacial score (nSPS) is 23.6. The number of halogens is 1. The van der Waals surface area contributed by atoms with Gasteiger partial charge in [-0.15, -0.1) is 23.7 Å². The average molecular weight is 391 g/mol. The molecule has 0 amide bonds. The Morgan fingerprint density at radius 1 is 1.38 bits per heavy atom. The van der Waals surface area contributed by atoms with Crippen LogP contribution in [0.25, 0.3) is 0 Å². The van der Waals surface area contributed by atoms with Gasteiger partial charge in [0, 0.05) is 6.54 Å². The van der Waals surface area contributed by atoms with E-state index in [1.54, 1.807) is 17.5 Å². The zero-order chi connectivity index (χ0) is 16.1. The maximum absolute atomic E-state index is 12.8. The Morgan fingerprint density at radius 2 is 2.17 bits per heavy atom.